The van der Waals surface area contributed by atoms with Gasteiger partial charge in [-0.2, -0.15) is 0 Å². The predicted molar refractivity (Wildman–Crippen MR) is 122 cm³/mol. The van der Waals surface area contributed by atoms with Crippen molar-refractivity contribution < 1.29 is 14.3 Å². The van der Waals surface area contributed by atoms with E-state index >= 15 is 0 Å². The van der Waals surface area contributed by atoms with E-state index in [9.17, 15) is 9.59 Å². The summed E-state index contributed by atoms with van der Waals surface area (Å²) in [5, 5.41) is 3.54. The molecule has 0 aliphatic carbocycles. The molecule has 1 aliphatic heterocycles. The zero-order valence-electron chi connectivity index (χ0n) is 17.3. The molecule has 0 radical (unpaired) electrons. The molecule has 0 saturated carbocycles. The summed E-state index contributed by atoms with van der Waals surface area (Å²) in [7, 11) is 0. The number of carbonyl (C=O) groups excluding carboxylic acids is 2. The fourth-order valence-electron chi connectivity index (χ4n) is 3.81. The molecule has 2 heterocycles. The van der Waals surface area contributed by atoms with Crippen molar-refractivity contribution in [1.82, 2.24) is 15.2 Å². The fraction of sp³-hybridized carbons (Fsp3) is 0.115. The van der Waals surface area contributed by atoms with Gasteiger partial charge in [0.25, 0.3) is 5.91 Å². The fourth-order valence-corrected chi connectivity index (χ4v) is 3.81. The third kappa shape index (κ3) is 4.03. The summed E-state index contributed by atoms with van der Waals surface area (Å²) in [6.45, 7) is 1.09. The summed E-state index contributed by atoms with van der Waals surface area (Å²) >= 11 is 0. The van der Waals surface area contributed by atoms with Crippen LogP contribution in [0.4, 0.5) is 4.79 Å². The number of imide groups is 1. The number of fused-ring (bicyclic) bond motifs is 2. The Morgan fingerprint density at radius 3 is 2.59 bits per heavy atom. The summed E-state index contributed by atoms with van der Waals surface area (Å²) in [6, 6.07) is 24.3. The van der Waals surface area contributed by atoms with Gasteiger partial charge in [0.15, 0.2) is 0 Å². The zero-order chi connectivity index (χ0) is 21.9. The smallest absolute Gasteiger partial charge is 0.324 e. The molecule has 0 atom stereocenters. The highest BCUT2D eigenvalue weighted by Crippen LogP contribution is 2.30. The molecule has 3 amide bonds. The molecule has 1 N–H and O–H groups in total. The van der Waals surface area contributed by atoms with E-state index in [4.69, 9.17) is 4.74 Å². The number of benzene rings is 3. The number of rotatable bonds is 2. The first-order valence-electron chi connectivity index (χ1n) is 10.4. The van der Waals surface area contributed by atoms with Crippen LogP contribution in [0.5, 0.6) is 5.75 Å². The van der Waals surface area contributed by atoms with Crippen molar-refractivity contribution in [2.45, 2.75) is 6.54 Å². The molecular weight excluding hydrogens is 402 g/mol. The highest BCUT2D eigenvalue weighted by molar-refractivity contribution is 6.04. The van der Waals surface area contributed by atoms with Crippen LogP contribution >= 0.6 is 0 Å². The van der Waals surface area contributed by atoms with E-state index in [0.717, 1.165) is 33.3 Å². The van der Waals surface area contributed by atoms with Crippen LogP contribution < -0.4 is 10.1 Å². The van der Waals surface area contributed by atoms with Crippen LogP contribution in [0.3, 0.4) is 0 Å². The normalized spacial score (nSPS) is 13.1. The maximum Gasteiger partial charge on any atom is 0.324 e. The molecule has 6 nitrogen and oxygen atoms in total. The molecule has 158 valence electrons. The number of aromatic nitrogens is 1. The van der Waals surface area contributed by atoms with Gasteiger partial charge in [0.1, 0.15) is 12.4 Å². The van der Waals surface area contributed by atoms with E-state index < -0.39 is 11.9 Å². The first-order valence-corrected chi connectivity index (χ1v) is 10.4. The second-order valence-electron chi connectivity index (χ2n) is 7.63. The van der Waals surface area contributed by atoms with Crippen molar-refractivity contribution in [2.24, 2.45) is 0 Å². The largest absolute Gasteiger partial charge is 0.491 e. The summed E-state index contributed by atoms with van der Waals surface area (Å²) in [6.07, 6.45) is 1.85. The monoisotopic (exact) mass is 423 g/mol. The first-order chi connectivity index (χ1) is 15.7. The Kier molecular flexibility index (Phi) is 5.25. The molecule has 0 saturated heterocycles. The number of carbonyl (C=O) groups is 2. The highest BCUT2D eigenvalue weighted by Gasteiger charge is 2.22. The minimum atomic E-state index is -0.437. The van der Waals surface area contributed by atoms with Gasteiger partial charge in [0.05, 0.1) is 18.6 Å². The molecule has 1 aromatic heterocycles. The SMILES string of the molecule is O=C(NC(=O)N1CCOc2ccc(-c3cnc4ccccc4c3)cc2C1)c1ccccc1. The maximum atomic E-state index is 12.8. The van der Waals surface area contributed by atoms with Crippen LogP contribution in [0.15, 0.2) is 85.1 Å². The lowest BCUT2D eigenvalue weighted by atomic mass is 10.0. The predicted octanol–water partition coefficient (Wildman–Crippen LogP) is 4.65. The van der Waals surface area contributed by atoms with E-state index in [0.29, 0.717) is 25.3 Å². The summed E-state index contributed by atoms with van der Waals surface area (Å²) in [5.74, 6) is 0.323. The number of ether oxygens (including phenoxy) is 1. The van der Waals surface area contributed by atoms with Gasteiger partial charge in [0, 0.05) is 28.3 Å². The lowest BCUT2D eigenvalue weighted by Crippen LogP contribution is -2.43. The number of amides is 3. The van der Waals surface area contributed by atoms with Crippen molar-refractivity contribution in [2.75, 3.05) is 13.2 Å². The van der Waals surface area contributed by atoms with Crippen molar-refractivity contribution in [3.8, 4) is 16.9 Å². The Morgan fingerprint density at radius 1 is 0.906 bits per heavy atom. The number of nitrogens with zero attached hydrogens (tertiary/aromatic N) is 2. The van der Waals surface area contributed by atoms with Gasteiger partial charge in [-0.25, -0.2) is 4.79 Å². The molecule has 6 heteroatoms. The van der Waals surface area contributed by atoms with Crippen molar-refractivity contribution in [3.63, 3.8) is 0 Å². The van der Waals surface area contributed by atoms with E-state index in [2.05, 4.69) is 16.4 Å². The molecule has 4 aromatic rings. The Hall–Kier alpha value is -4.19. The van der Waals surface area contributed by atoms with Crippen LogP contribution in [0.2, 0.25) is 0 Å². The van der Waals surface area contributed by atoms with E-state index in [-0.39, 0.29) is 0 Å². The molecule has 1 aliphatic rings. The number of urea groups is 1. The average molecular weight is 423 g/mol. The quantitative estimate of drug-likeness (QED) is 0.510. The van der Waals surface area contributed by atoms with Gasteiger partial charge >= 0.3 is 6.03 Å². The Morgan fingerprint density at radius 2 is 1.72 bits per heavy atom. The van der Waals surface area contributed by atoms with Crippen LogP contribution in [0, 0.1) is 0 Å². The number of hydrogen-bond acceptors (Lipinski definition) is 4. The van der Waals surface area contributed by atoms with Gasteiger partial charge in [0.2, 0.25) is 0 Å². The van der Waals surface area contributed by atoms with Gasteiger partial charge in [-0.1, -0.05) is 42.5 Å². The van der Waals surface area contributed by atoms with Crippen molar-refractivity contribution >= 4 is 22.8 Å². The van der Waals surface area contributed by atoms with E-state index in [1.54, 1.807) is 29.2 Å². The molecule has 0 unspecified atom stereocenters. The van der Waals surface area contributed by atoms with Gasteiger partial charge < -0.3 is 9.64 Å². The van der Waals surface area contributed by atoms with Crippen molar-refractivity contribution in [1.29, 1.82) is 0 Å². The zero-order valence-corrected chi connectivity index (χ0v) is 17.3. The second-order valence-corrected chi connectivity index (χ2v) is 7.63. The summed E-state index contributed by atoms with van der Waals surface area (Å²) in [4.78, 5) is 31.3. The maximum absolute atomic E-state index is 12.8. The number of nitrogens with one attached hydrogen (secondary N) is 1. The van der Waals surface area contributed by atoms with Gasteiger partial charge in [-0.05, 0) is 42.0 Å². The third-order valence-electron chi connectivity index (χ3n) is 5.51. The van der Waals surface area contributed by atoms with E-state index in [1.807, 2.05) is 54.7 Å². The third-order valence-corrected chi connectivity index (χ3v) is 5.51. The topological polar surface area (TPSA) is 71.5 Å². The molecule has 3 aromatic carbocycles. The Balaban J connectivity index is 1.38. The molecule has 0 fully saturated rings. The van der Waals surface area contributed by atoms with Crippen LogP contribution in [-0.4, -0.2) is 35.0 Å². The average Bonchev–Trinajstić information content (AvgIpc) is 3.06. The molecular formula is C26H21N3O3. The molecule has 32 heavy (non-hydrogen) atoms. The summed E-state index contributed by atoms with van der Waals surface area (Å²) in [5.41, 5.74) is 4.26. The lowest BCUT2D eigenvalue weighted by molar-refractivity contribution is 0.0949. The van der Waals surface area contributed by atoms with Gasteiger partial charge in [-0.15, -0.1) is 0 Å². The minimum absolute atomic E-state index is 0.345. The number of para-hydroxylation sites is 1. The standard InChI is InChI=1S/C26H21N3O3/c30-25(18-6-2-1-3-7-18)28-26(31)29-12-13-32-24-11-10-19(14-22(24)17-29)21-15-20-8-4-5-9-23(20)27-16-21/h1-11,14-16H,12-13,17H2,(H,28,30,31). The minimum Gasteiger partial charge on any atom is -0.491 e. The number of hydrogen-bond donors (Lipinski definition) is 1. The number of pyridine rings is 1. The molecule has 5 rings (SSSR count). The lowest BCUT2D eigenvalue weighted by Gasteiger charge is -2.20. The highest BCUT2D eigenvalue weighted by atomic mass is 16.5. The van der Waals surface area contributed by atoms with Crippen LogP contribution in [0.1, 0.15) is 15.9 Å². The van der Waals surface area contributed by atoms with E-state index in [1.165, 1.54) is 0 Å². The first kappa shape index (κ1) is 19.8. The Bertz CT molecular complexity index is 1300. The summed E-state index contributed by atoms with van der Waals surface area (Å²) < 4.78 is 5.86. The van der Waals surface area contributed by atoms with Crippen LogP contribution in [0.25, 0.3) is 22.0 Å². The van der Waals surface area contributed by atoms with Crippen molar-refractivity contribution in [3.05, 3.63) is 96.2 Å². The molecule has 0 bridgehead atoms. The molecule has 0 spiro atoms. The second kappa shape index (κ2) is 8.51. The van der Waals surface area contributed by atoms with Gasteiger partial charge in [-0.3, -0.25) is 15.1 Å². The van der Waals surface area contributed by atoms with Crippen LogP contribution in [-0.2, 0) is 6.54 Å². The Labute approximate surface area is 185 Å².